The third-order valence-corrected chi connectivity index (χ3v) is 5.57. The summed E-state index contributed by atoms with van der Waals surface area (Å²) in [5, 5.41) is 6.49. The molecule has 146 valence electrons. The summed E-state index contributed by atoms with van der Waals surface area (Å²) in [4.78, 5) is 24.0. The number of aromatic nitrogens is 4. The maximum atomic E-state index is 12.9. The third kappa shape index (κ3) is 3.84. The van der Waals surface area contributed by atoms with Crippen molar-refractivity contribution in [3.8, 4) is 22.5 Å². The topological polar surface area (TPSA) is 82.4 Å². The molecule has 0 saturated carbocycles. The van der Waals surface area contributed by atoms with Gasteiger partial charge in [0, 0.05) is 45.2 Å². The Hall–Kier alpha value is -2.94. The Morgan fingerprint density at radius 3 is 2.82 bits per heavy atom. The highest BCUT2D eigenvalue weighted by Gasteiger charge is 2.27. The molecule has 8 nitrogen and oxygen atoms in total. The monoisotopic (exact) mass is 399 g/mol. The second kappa shape index (κ2) is 7.97. The Morgan fingerprint density at radius 1 is 1.29 bits per heavy atom. The van der Waals surface area contributed by atoms with E-state index in [0.717, 1.165) is 23.4 Å². The van der Waals surface area contributed by atoms with Crippen molar-refractivity contribution in [1.82, 2.24) is 24.6 Å². The van der Waals surface area contributed by atoms with Crippen LogP contribution in [0, 0.1) is 0 Å². The van der Waals surface area contributed by atoms with Crippen LogP contribution in [0.3, 0.4) is 0 Å². The first-order valence-corrected chi connectivity index (χ1v) is 9.93. The molecule has 0 spiro atoms. The summed E-state index contributed by atoms with van der Waals surface area (Å²) in [6.45, 7) is 1.26. The maximum absolute atomic E-state index is 12.9. The minimum atomic E-state index is -0.0000357. The van der Waals surface area contributed by atoms with Crippen molar-refractivity contribution in [2.45, 2.75) is 18.9 Å². The van der Waals surface area contributed by atoms with E-state index < -0.39 is 0 Å². The molecule has 1 fully saturated rings. The normalized spacial score (nSPS) is 14.9. The minimum absolute atomic E-state index is 0.0000357. The lowest BCUT2D eigenvalue weighted by atomic mass is 10.1. The average molecular weight is 399 g/mol. The highest BCUT2D eigenvalue weighted by Crippen LogP contribution is 2.25. The van der Waals surface area contributed by atoms with Gasteiger partial charge in [-0.05, 0) is 17.5 Å². The second-order valence-corrected chi connectivity index (χ2v) is 7.45. The van der Waals surface area contributed by atoms with Gasteiger partial charge < -0.3 is 14.4 Å². The van der Waals surface area contributed by atoms with Crippen LogP contribution in [0.4, 0.5) is 0 Å². The molecule has 1 aliphatic rings. The summed E-state index contributed by atoms with van der Waals surface area (Å²) in [7, 11) is 3.33. The molecule has 0 aromatic carbocycles. The van der Waals surface area contributed by atoms with E-state index in [9.17, 15) is 4.79 Å². The number of rotatable bonds is 5. The van der Waals surface area contributed by atoms with Crippen molar-refractivity contribution in [3.05, 3.63) is 41.5 Å². The molecular formula is C19H21N5O3S. The quantitative estimate of drug-likeness (QED) is 0.656. The van der Waals surface area contributed by atoms with E-state index in [1.807, 2.05) is 35.5 Å². The molecule has 3 aromatic heterocycles. The highest BCUT2D eigenvalue weighted by molar-refractivity contribution is 7.13. The zero-order valence-corrected chi connectivity index (χ0v) is 16.6. The summed E-state index contributed by atoms with van der Waals surface area (Å²) in [6, 6.07) is 7.84. The molecule has 9 heteroatoms. The predicted molar refractivity (Wildman–Crippen MR) is 105 cm³/mol. The molecule has 0 radical (unpaired) electrons. The Labute approximate surface area is 166 Å². The van der Waals surface area contributed by atoms with E-state index in [2.05, 4.69) is 15.1 Å². The SMILES string of the molecule is COc1nccc(OC2CCN(C(=O)c3cc(-c4cccs4)nn3C)CC2)n1. The molecular weight excluding hydrogens is 378 g/mol. The Balaban J connectivity index is 1.38. The van der Waals surface area contributed by atoms with Crippen LogP contribution < -0.4 is 9.47 Å². The van der Waals surface area contributed by atoms with Crippen LogP contribution in [0.1, 0.15) is 23.3 Å². The van der Waals surface area contributed by atoms with Gasteiger partial charge in [-0.2, -0.15) is 10.1 Å². The Morgan fingerprint density at radius 2 is 2.11 bits per heavy atom. The maximum Gasteiger partial charge on any atom is 0.319 e. The molecule has 28 heavy (non-hydrogen) atoms. The van der Waals surface area contributed by atoms with Crippen molar-refractivity contribution in [2.75, 3.05) is 20.2 Å². The second-order valence-electron chi connectivity index (χ2n) is 6.51. The molecule has 0 aliphatic carbocycles. The number of hydrogen-bond donors (Lipinski definition) is 0. The van der Waals surface area contributed by atoms with E-state index >= 15 is 0 Å². The van der Waals surface area contributed by atoms with Crippen LogP contribution >= 0.6 is 11.3 Å². The highest BCUT2D eigenvalue weighted by atomic mass is 32.1. The van der Waals surface area contributed by atoms with E-state index in [0.29, 0.717) is 24.7 Å². The number of carbonyl (C=O) groups excluding carboxylic acids is 1. The van der Waals surface area contributed by atoms with Gasteiger partial charge in [-0.3, -0.25) is 9.48 Å². The van der Waals surface area contributed by atoms with Crippen LogP contribution in [0.15, 0.2) is 35.8 Å². The molecule has 1 amide bonds. The lowest BCUT2D eigenvalue weighted by Crippen LogP contribution is -2.42. The fraction of sp³-hybridized carbons (Fsp3) is 0.368. The van der Waals surface area contributed by atoms with Crippen molar-refractivity contribution in [2.24, 2.45) is 7.05 Å². The van der Waals surface area contributed by atoms with Crippen LogP contribution in [-0.2, 0) is 7.05 Å². The van der Waals surface area contributed by atoms with Gasteiger partial charge in [0.15, 0.2) is 0 Å². The first-order chi connectivity index (χ1) is 13.6. The number of likely N-dealkylation sites (tertiary alicyclic amines) is 1. The van der Waals surface area contributed by atoms with Gasteiger partial charge in [0.25, 0.3) is 5.91 Å². The van der Waals surface area contributed by atoms with Crippen LogP contribution in [0.25, 0.3) is 10.6 Å². The lowest BCUT2D eigenvalue weighted by Gasteiger charge is -2.31. The number of nitrogens with zero attached hydrogens (tertiary/aromatic N) is 5. The van der Waals surface area contributed by atoms with E-state index in [-0.39, 0.29) is 18.0 Å². The van der Waals surface area contributed by atoms with Crippen molar-refractivity contribution >= 4 is 17.2 Å². The molecule has 1 aliphatic heterocycles. The molecule has 0 bridgehead atoms. The zero-order valence-electron chi connectivity index (χ0n) is 15.7. The number of hydrogen-bond acceptors (Lipinski definition) is 7. The van der Waals surface area contributed by atoms with Gasteiger partial charge in [0.2, 0.25) is 5.88 Å². The Bertz CT molecular complexity index is 948. The number of carbonyl (C=O) groups is 1. The van der Waals surface area contributed by atoms with Gasteiger partial charge in [-0.15, -0.1) is 11.3 Å². The van der Waals surface area contributed by atoms with E-state index in [1.165, 1.54) is 7.11 Å². The zero-order chi connectivity index (χ0) is 19.5. The number of aryl methyl sites for hydroxylation is 1. The number of methoxy groups -OCH3 is 1. The van der Waals surface area contributed by atoms with Crippen molar-refractivity contribution < 1.29 is 14.3 Å². The Kier molecular flexibility index (Phi) is 5.25. The molecule has 0 N–H and O–H groups in total. The van der Waals surface area contributed by atoms with Crippen LogP contribution in [0.2, 0.25) is 0 Å². The average Bonchev–Trinajstić information content (AvgIpc) is 3.38. The smallest absolute Gasteiger partial charge is 0.319 e. The van der Waals surface area contributed by atoms with Crippen molar-refractivity contribution in [1.29, 1.82) is 0 Å². The lowest BCUT2D eigenvalue weighted by molar-refractivity contribution is 0.0577. The van der Waals surface area contributed by atoms with Crippen LogP contribution in [0.5, 0.6) is 11.9 Å². The molecule has 1 saturated heterocycles. The summed E-state index contributed by atoms with van der Waals surface area (Å²) < 4.78 is 12.6. The molecule has 0 atom stereocenters. The number of amides is 1. The third-order valence-electron chi connectivity index (χ3n) is 4.68. The molecule has 0 unspecified atom stereocenters. The molecule has 3 aromatic rings. The van der Waals surface area contributed by atoms with E-state index in [4.69, 9.17) is 9.47 Å². The van der Waals surface area contributed by atoms with E-state index in [1.54, 1.807) is 28.3 Å². The standard InChI is InChI=1S/C19H21N5O3S/c1-23-15(12-14(22-23)16-4-3-11-28-16)18(25)24-9-6-13(7-10-24)27-17-5-8-20-19(21-17)26-2/h3-5,8,11-13H,6-7,9-10H2,1-2H3. The fourth-order valence-electron chi connectivity index (χ4n) is 3.21. The van der Waals surface area contributed by atoms with Gasteiger partial charge in [-0.1, -0.05) is 6.07 Å². The molecule has 4 heterocycles. The summed E-state index contributed by atoms with van der Waals surface area (Å²) in [5.74, 6) is 0.490. The largest absolute Gasteiger partial charge is 0.474 e. The van der Waals surface area contributed by atoms with Gasteiger partial charge in [0.1, 0.15) is 17.5 Å². The van der Waals surface area contributed by atoms with Crippen LogP contribution in [-0.4, -0.2) is 56.9 Å². The number of piperidine rings is 1. The molecule has 4 rings (SSSR count). The summed E-state index contributed by atoms with van der Waals surface area (Å²) in [5.41, 5.74) is 1.43. The first-order valence-electron chi connectivity index (χ1n) is 9.05. The predicted octanol–water partition coefficient (Wildman–Crippen LogP) is 2.63. The van der Waals surface area contributed by atoms with Gasteiger partial charge >= 0.3 is 6.01 Å². The number of ether oxygens (including phenoxy) is 2. The minimum Gasteiger partial charge on any atom is -0.474 e. The summed E-state index contributed by atoms with van der Waals surface area (Å²) >= 11 is 1.61. The number of thiophene rings is 1. The van der Waals surface area contributed by atoms with Gasteiger partial charge in [-0.25, -0.2) is 4.98 Å². The van der Waals surface area contributed by atoms with Crippen molar-refractivity contribution in [3.63, 3.8) is 0 Å². The first kappa shape index (κ1) is 18.4. The van der Waals surface area contributed by atoms with Gasteiger partial charge in [0.05, 0.1) is 12.0 Å². The fourth-order valence-corrected chi connectivity index (χ4v) is 3.89. The summed E-state index contributed by atoms with van der Waals surface area (Å²) in [6.07, 6.45) is 3.10.